The van der Waals surface area contributed by atoms with Crippen LogP contribution >= 0.6 is 11.8 Å². The van der Waals surface area contributed by atoms with Crippen LogP contribution in [0.3, 0.4) is 0 Å². The third-order valence-corrected chi connectivity index (χ3v) is 4.72. The third-order valence-electron chi connectivity index (χ3n) is 3.87. The number of nitrogens with one attached hydrogen (secondary N) is 1. The summed E-state index contributed by atoms with van der Waals surface area (Å²) < 4.78 is 15.6. The fourth-order valence-electron chi connectivity index (χ4n) is 2.43. The molecule has 0 amide bonds. The topological polar surface area (TPSA) is 86.3 Å². The number of hydrogen-bond acceptors (Lipinski definition) is 7. The second-order valence-electron chi connectivity index (χ2n) is 5.47. The molecule has 0 bridgehead atoms. The average molecular weight is 385 g/mol. The first-order valence-electron chi connectivity index (χ1n) is 8.09. The molecule has 0 aliphatic heterocycles. The van der Waals surface area contributed by atoms with Crippen LogP contribution in [0, 0.1) is 0 Å². The van der Waals surface area contributed by atoms with E-state index in [0.717, 1.165) is 11.3 Å². The number of methoxy groups -OCH3 is 3. The molecule has 8 heteroatoms. The second-order valence-corrected chi connectivity index (χ2v) is 6.42. The maximum Gasteiger partial charge on any atom is 0.209 e. The lowest BCUT2D eigenvalue weighted by atomic mass is 10.1. The number of Topliss-reactive ketones (excluding diaryl/α,β-unsaturated/α-hetero) is 1. The van der Waals surface area contributed by atoms with Crippen LogP contribution in [0.15, 0.2) is 47.6 Å². The number of hydrogen-bond donors (Lipinski definition) is 1. The van der Waals surface area contributed by atoms with E-state index in [-0.39, 0.29) is 11.5 Å². The number of nitrogens with zero attached hydrogens (tertiary/aromatic N) is 2. The van der Waals surface area contributed by atoms with Crippen molar-refractivity contribution in [3.05, 3.63) is 48.0 Å². The van der Waals surface area contributed by atoms with Crippen LogP contribution in [0.2, 0.25) is 0 Å². The van der Waals surface area contributed by atoms with Crippen LogP contribution in [-0.2, 0) is 0 Å². The first-order valence-corrected chi connectivity index (χ1v) is 9.08. The van der Waals surface area contributed by atoms with Gasteiger partial charge in [0.1, 0.15) is 17.2 Å². The first-order chi connectivity index (χ1) is 13.1. The summed E-state index contributed by atoms with van der Waals surface area (Å²) in [6, 6.07) is 12.6. The highest BCUT2D eigenvalue weighted by Gasteiger charge is 2.15. The van der Waals surface area contributed by atoms with Crippen LogP contribution in [0.25, 0.3) is 11.4 Å². The van der Waals surface area contributed by atoms with Crippen LogP contribution in [0.5, 0.6) is 17.2 Å². The van der Waals surface area contributed by atoms with Gasteiger partial charge in [-0.15, -0.1) is 5.10 Å². The van der Waals surface area contributed by atoms with E-state index >= 15 is 0 Å². The fourth-order valence-corrected chi connectivity index (χ4v) is 3.11. The van der Waals surface area contributed by atoms with E-state index in [1.165, 1.54) is 18.9 Å². The summed E-state index contributed by atoms with van der Waals surface area (Å²) >= 11 is 1.26. The van der Waals surface area contributed by atoms with Crippen molar-refractivity contribution >= 4 is 17.5 Å². The molecule has 3 rings (SSSR count). The monoisotopic (exact) mass is 385 g/mol. The molecular weight excluding hydrogens is 366 g/mol. The van der Waals surface area contributed by atoms with Gasteiger partial charge < -0.3 is 14.2 Å². The largest absolute Gasteiger partial charge is 0.497 e. The Kier molecular flexibility index (Phi) is 5.97. The van der Waals surface area contributed by atoms with Crippen molar-refractivity contribution < 1.29 is 19.0 Å². The molecule has 0 saturated carbocycles. The number of benzene rings is 2. The number of thioether (sulfide) groups is 1. The number of aromatic nitrogens is 3. The summed E-state index contributed by atoms with van der Waals surface area (Å²) in [6.45, 7) is 0. The van der Waals surface area contributed by atoms with Crippen molar-refractivity contribution in [1.82, 2.24) is 15.2 Å². The van der Waals surface area contributed by atoms with E-state index in [1.807, 2.05) is 24.3 Å². The normalized spacial score (nSPS) is 10.5. The zero-order valence-electron chi connectivity index (χ0n) is 15.2. The van der Waals surface area contributed by atoms with E-state index in [2.05, 4.69) is 15.2 Å². The van der Waals surface area contributed by atoms with Gasteiger partial charge in [-0.3, -0.25) is 9.89 Å². The van der Waals surface area contributed by atoms with E-state index in [9.17, 15) is 4.79 Å². The second kappa shape index (κ2) is 8.59. The molecule has 0 aliphatic rings. The van der Waals surface area contributed by atoms with Crippen molar-refractivity contribution in [2.24, 2.45) is 0 Å². The molecule has 3 aromatic rings. The van der Waals surface area contributed by atoms with E-state index in [1.54, 1.807) is 32.4 Å². The highest BCUT2D eigenvalue weighted by Crippen LogP contribution is 2.27. The molecule has 0 unspecified atom stereocenters. The van der Waals surface area contributed by atoms with Gasteiger partial charge in [0, 0.05) is 5.56 Å². The van der Waals surface area contributed by atoms with Crippen LogP contribution in [-0.4, -0.2) is 48.0 Å². The minimum Gasteiger partial charge on any atom is -0.497 e. The SMILES string of the molecule is COc1ccc(-c2nc(SCC(=O)c3cc(OC)ccc3OC)n[nH]2)cc1. The number of carbonyl (C=O) groups excluding carboxylic acids is 1. The predicted octanol–water partition coefficient (Wildman–Crippen LogP) is 3.47. The molecule has 0 fully saturated rings. The highest BCUT2D eigenvalue weighted by atomic mass is 32.2. The fraction of sp³-hybridized carbons (Fsp3) is 0.211. The maximum atomic E-state index is 12.6. The van der Waals surface area contributed by atoms with E-state index < -0.39 is 0 Å². The molecular formula is C19H19N3O4S. The molecule has 1 heterocycles. The Balaban J connectivity index is 1.68. The van der Waals surface area contributed by atoms with Crippen LogP contribution in [0.1, 0.15) is 10.4 Å². The number of aromatic amines is 1. The summed E-state index contributed by atoms with van der Waals surface area (Å²) in [5.41, 5.74) is 1.35. The summed E-state index contributed by atoms with van der Waals surface area (Å²) in [7, 11) is 4.70. The van der Waals surface area contributed by atoms with Gasteiger partial charge in [0.05, 0.1) is 32.6 Å². The first kappa shape index (κ1) is 18.8. The average Bonchev–Trinajstić information content (AvgIpc) is 3.20. The van der Waals surface area contributed by atoms with Crippen molar-refractivity contribution in [2.45, 2.75) is 5.16 Å². The zero-order valence-corrected chi connectivity index (χ0v) is 16.0. The number of H-pyrrole nitrogens is 1. The Bertz CT molecular complexity index is 925. The molecule has 0 atom stereocenters. The molecule has 0 aliphatic carbocycles. The van der Waals surface area contributed by atoms with Gasteiger partial charge in [-0.25, -0.2) is 4.98 Å². The highest BCUT2D eigenvalue weighted by molar-refractivity contribution is 7.99. The van der Waals surface area contributed by atoms with Crippen molar-refractivity contribution in [3.63, 3.8) is 0 Å². The van der Waals surface area contributed by atoms with Gasteiger partial charge in [-0.2, -0.15) is 0 Å². The summed E-state index contributed by atoms with van der Waals surface area (Å²) in [4.78, 5) is 17.0. The Hall–Kier alpha value is -3.00. The Morgan fingerprint density at radius 1 is 1.00 bits per heavy atom. The van der Waals surface area contributed by atoms with Crippen molar-refractivity contribution in [2.75, 3.05) is 27.1 Å². The van der Waals surface area contributed by atoms with Crippen molar-refractivity contribution in [3.8, 4) is 28.6 Å². The summed E-state index contributed by atoms with van der Waals surface area (Å²) in [5, 5.41) is 7.55. The summed E-state index contributed by atoms with van der Waals surface area (Å²) in [6.07, 6.45) is 0. The lowest BCUT2D eigenvalue weighted by Crippen LogP contribution is -2.05. The number of rotatable bonds is 8. The standard InChI is InChI=1S/C19H19N3O4S/c1-24-13-6-4-12(5-7-13)18-20-19(22-21-18)27-11-16(23)15-10-14(25-2)8-9-17(15)26-3/h4-10H,11H2,1-3H3,(H,20,21,22). The predicted molar refractivity (Wildman–Crippen MR) is 103 cm³/mol. The quantitative estimate of drug-likeness (QED) is 0.469. The van der Waals surface area contributed by atoms with Gasteiger partial charge in [-0.1, -0.05) is 11.8 Å². The van der Waals surface area contributed by atoms with Crippen LogP contribution < -0.4 is 14.2 Å². The molecule has 0 radical (unpaired) electrons. The van der Waals surface area contributed by atoms with Crippen molar-refractivity contribution in [1.29, 1.82) is 0 Å². The molecule has 7 nitrogen and oxygen atoms in total. The van der Waals surface area contributed by atoms with Gasteiger partial charge in [-0.05, 0) is 42.5 Å². The Morgan fingerprint density at radius 2 is 1.70 bits per heavy atom. The molecule has 140 valence electrons. The van der Waals surface area contributed by atoms with Gasteiger partial charge in [0.2, 0.25) is 5.16 Å². The minimum absolute atomic E-state index is 0.0912. The molecule has 27 heavy (non-hydrogen) atoms. The number of ketones is 1. The smallest absolute Gasteiger partial charge is 0.209 e. The maximum absolute atomic E-state index is 12.6. The lowest BCUT2D eigenvalue weighted by molar-refractivity contribution is 0.101. The Labute approximate surface area is 161 Å². The lowest BCUT2D eigenvalue weighted by Gasteiger charge is -2.09. The van der Waals surface area contributed by atoms with Gasteiger partial charge >= 0.3 is 0 Å². The van der Waals surface area contributed by atoms with E-state index in [0.29, 0.717) is 28.0 Å². The molecule has 0 spiro atoms. The van der Waals surface area contributed by atoms with Crippen LogP contribution in [0.4, 0.5) is 0 Å². The molecule has 2 aromatic carbocycles. The summed E-state index contributed by atoms with van der Waals surface area (Å²) in [5.74, 6) is 2.60. The molecule has 1 N–H and O–H groups in total. The van der Waals surface area contributed by atoms with Gasteiger partial charge in [0.25, 0.3) is 0 Å². The number of carbonyl (C=O) groups is 1. The zero-order chi connectivity index (χ0) is 19.2. The number of ether oxygens (including phenoxy) is 3. The Morgan fingerprint density at radius 3 is 2.37 bits per heavy atom. The minimum atomic E-state index is -0.0912. The molecule has 1 aromatic heterocycles. The third kappa shape index (κ3) is 4.40. The van der Waals surface area contributed by atoms with E-state index in [4.69, 9.17) is 14.2 Å². The molecule has 0 saturated heterocycles. The van der Waals surface area contributed by atoms with Gasteiger partial charge in [0.15, 0.2) is 11.6 Å².